The second-order valence-electron chi connectivity index (χ2n) is 2.83. The smallest absolute Gasteiger partial charge is 0.286 e. The molecule has 0 spiro atoms. The van der Waals surface area contributed by atoms with Crippen molar-refractivity contribution in [2.75, 3.05) is 6.61 Å². The topological polar surface area (TPSA) is 38.3 Å². The SMILES string of the molecule is CC(C)NC(=O)C1=CCCO1. The lowest BCUT2D eigenvalue weighted by Gasteiger charge is -2.08. The summed E-state index contributed by atoms with van der Waals surface area (Å²) in [7, 11) is 0. The fourth-order valence-corrected chi connectivity index (χ4v) is 0.909. The van der Waals surface area contributed by atoms with E-state index in [0.29, 0.717) is 12.4 Å². The summed E-state index contributed by atoms with van der Waals surface area (Å²) in [5.74, 6) is 0.371. The van der Waals surface area contributed by atoms with E-state index in [0.717, 1.165) is 6.42 Å². The van der Waals surface area contributed by atoms with Gasteiger partial charge < -0.3 is 10.1 Å². The molecule has 1 amide bonds. The van der Waals surface area contributed by atoms with Gasteiger partial charge >= 0.3 is 0 Å². The molecule has 11 heavy (non-hydrogen) atoms. The average molecular weight is 155 g/mol. The number of ether oxygens (including phenoxy) is 1. The molecular formula is C8H13NO2. The first-order valence-corrected chi connectivity index (χ1v) is 3.84. The monoisotopic (exact) mass is 155 g/mol. The molecule has 0 aromatic heterocycles. The average Bonchev–Trinajstić information content (AvgIpc) is 2.35. The molecule has 3 nitrogen and oxygen atoms in total. The highest BCUT2D eigenvalue weighted by atomic mass is 16.5. The van der Waals surface area contributed by atoms with Gasteiger partial charge in [-0.3, -0.25) is 4.79 Å². The summed E-state index contributed by atoms with van der Waals surface area (Å²) in [6.45, 7) is 4.49. The maximum Gasteiger partial charge on any atom is 0.286 e. The van der Waals surface area contributed by atoms with Crippen LogP contribution in [0.25, 0.3) is 0 Å². The van der Waals surface area contributed by atoms with Crippen molar-refractivity contribution in [2.24, 2.45) is 0 Å². The van der Waals surface area contributed by atoms with Crippen LogP contribution in [0.1, 0.15) is 20.3 Å². The highest BCUT2D eigenvalue weighted by Crippen LogP contribution is 2.08. The van der Waals surface area contributed by atoms with Crippen molar-refractivity contribution in [3.8, 4) is 0 Å². The summed E-state index contributed by atoms with van der Waals surface area (Å²) in [5, 5.41) is 2.75. The summed E-state index contributed by atoms with van der Waals surface area (Å²) >= 11 is 0. The van der Waals surface area contributed by atoms with E-state index in [1.165, 1.54) is 0 Å². The minimum atomic E-state index is -0.0995. The van der Waals surface area contributed by atoms with Crippen molar-refractivity contribution in [3.05, 3.63) is 11.8 Å². The number of carbonyl (C=O) groups excluding carboxylic acids is 1. The van der Waals surface area contributed by atoms with E-state index in [9.17, 15) is 4.79 Å². The first-order valence-electron chi connectivity index (χ1n) is 3.84. The van der Waals surface area contributed by atoms with Crippen LogP contribution in [0, 0.1) is 0 Å². The van der Waals surface area contributed by atoms with Crippen LogP contribution >= 0.6 is 0 Å². The predicted molar refractivity (Wildman–Crippen MR) is 41.9 cm³/mol. The Hall–Kier alpha value is -0.990. The Morgan fingerprint density at radius 3 is 2.91 bits per heavy atom. The Kier molecular flexibility index (Phi) is 2.52. The summed E-state index contributed by atoms with van der Waals surface area (Å²) in [4.78, 5) is 11.2. The van der Waals surface area contributed by atoms with Crippen LogP contribution in [0.3, 0.4) is 0 Å². The van der Waals surface area contributed by atoms with E-state index < -0.39 is 0 Å². The van der Waals surface area contributed by atoms with E-state index in [4.69, 9.17) is 4.74 Å². The molecule has 1 N–H and O–H groups in total. The normalized spacial score (nSPS) is 16.1. The second kappa shape index (κ2) is 3.42. The maximum absolute atomic E-state index is 11.2. The zero-order valence-electron chi connectivity index (χ0n) is 6.89. The quantitative estimate of drug-likeness (QED) is 0.641. The molecule has 0 radical (unpaired) electrons. The lowest BCUT2D eigenvalue weighted by Crippen LogP contribution is -2.31. The molecule has 1 rings (SSSR count). The Morgan fingerprint density at radius 1 is 1.73 bits per heavy atom. The Morgan fingerprint density at radius 2 is 2.45 bits per heavy atom. The molecule has 0 fully saturated rings. The molecule has 0 aliphatic carbocycles. The number of amides is 1. The summed E-state index contributed by atoms with van der Waals surface area (Å²) in [6, 6.07) is 0.174. The summed E-state index contributed by atoms with van der Waals surface area (Å²) < 4.78 is 5.06. The lowest BCUT2D eigenvalue weighted by molar-refractivity contribution is -0.120. The van der Waals surface area contributed by atoms with E-state index >= 15 is 0 Å². The molecule has 0 saturated carbocycles. The largest absolute Gasteiger partial charge is 0.488 e. The highest BCUT2D eigenvalue weighted by Gasteiger charge is 2.14. The van der Waals surface area contributed by atoms with Crippen LogP contribution in [0.2, 0.25) is 0 Å². The van der Waals surface area contributed by atoms with Gasteiger partial charge in [-0.1, -0.05) is 0 Å². The molecule has 0 atom stereocenters. The standard InChI is InChI=1S/C8H13NO2/c1-6(2)9-8(10)7-4-3-5-11-7/h4,6H,3,5H2,1-2H3,(H,9,10). The van der Waals surface area contributed by atoms with Gasteiger partial charge in [-0.15, -0.1) is 0 Å². The number of hydrogen-bond donors (Lipinski definition) is 1. The molecule has 1 heterocycles. The van der Waals surface area contributed by atoms with Gasteiger partial charge in [0.2, 0.25) is 0 Å². The fraction of sp³-hybridized carbons (Fsp3) is 0.625. The lowest BCUT2D eigenvalue weighted by atomic mass is 10.3. The molecule has 0 saturated heterocycles. The highest BCUT2D eigenvalue weighted by molar-refractivity contribution is 5.91. The minimum absolute atomic E-state index is 0.0995. The van der Waals surface area contributed by atoms with Crippen molar-refractivity contribution in [1.29, 1.82) is 0 Å². The third-order valence-corrected chi connectivity index (χ3v) is 1.35. The van der Waals surface area contributed by atoms with E-state index in [-0.39, 0.29) is 11.9 Å². The Bertz CT molecular complexity index is 185. The van der Waals surface area contributed by atoms with Gasteiger partial charge in [-0.25, -0.2) is 0 Å². The van der Waals surface area contributed by atoms with Crippen LogP contribution in [-0.2, 0) is 9.53 Å². The van der Waals surface area contributed by atoms with E-state index in [1.807, 2.05) is 19.9 Å². The van der Waals surface area contributed by atoms with Crippen molar-refractivity contribution >= 4 is 5.91 Å². The molecule has 62 valence electrons. The molecule has 1 aliphatic rings. The van der Waals surface area contributed by atoms with Gasteiger partial charge in [-0.05, 0) is 19.9 Å². The Labute approximate surface area is 66.4 Å². The Balaban J connectivity index is 2.41. The van der Waals surface area contributed by atoms with Crippen LogP contribution in [0.5, 0.6) is 0 Å². The predicted octanol–water partition coefficient (Wildman–Crippen LogP) is 0.815. The summed E-state index contributed by atoms with van der Waals surface area (Å²) in [5.41, 5.74) is 0. The number of nitrogens with one attached hydrogen (secondary N) is 1. The third-order valence-electron chi connectivity index (χ3n) is 1.35. The van der Waals surface area contributed by atoms with Gasteiger partial charge in [0.1, 0.15) is 0 Å². The molecule has 0 bridgehead atoms. The van der Waals surface area contributed by atoms with E-state index in [2.05, 4.69) is 5.32 Å². The number of hydrogen-bond acceptors (Lipinski definition) is 2. The van der Waals surface area contributed by atoms with Gasteiger partial charge in [0.25, 0.3) is 5.91 Å². The van der Waals surface area contributed by atoms with Crippen molar-refractivity contribution in [3.63, 3.8) is 0 Å². The van der Waals surface area contributed by atoms with Crippen molar-refractivity contribution < 1.29 is 9.53 Å². The number of rotatable bonds is 2. The zero-order chi connectivity index (χ0) is 8.27. The molecule has 3 heteroatoms. The molecule has 0 aromatic carbocycles. The van der Waals surface area contributed by atoms with Crippen LogP contribution in [-0.4, -0.2) is 18.6 Å². The molecule has 0 aromatic rings. The van der Waals surface area contributed by atoms with Gasteiger partial charge in [0, 0.05) is 12.5 Å². The van der Waals surface area contributed by atoms with Crippen LogP contribution in [0.4, 0.5) is 0 Å². The molecule has 1 aliphatic heterocycles. The number of carbonyl (C=O) groups is 1. The van der Waals surface area contributed by atoms with Crippen molar-refractivity contribution in [2.45, 2.75) is 26.3 Å². The first-order chi connectivity index (χ1) is 5.20. The second-order valence-corrected chi connectivity index (χ2v) is 2.83. The maximum atomic E-state index is 11.2. The van der Waals surface area contributed by atoms with Crippen LogP contribution in [0.15, 0.2) is 11.8 Å². The summed E-state index contributed by atoms with van der Waals surface area (Å²) in [6.07, 6.45) is 2.67. The van der Waals surface area contributed by atoms with Gasteiger partial charge in [0.05, 0.1) is 6.61 Å². The van der Waals surface area contributed by atoms with Crippen molar-refractivity contribution in [1.82, 2.24) is 5.32 Å². The molecule has 0 unspecified atom stereocenters. The van der Waals surface area contributed by atoms with E-state index in [1.54, 1.807) is 0 Å². The van der Waals surface area contributed by atoms with Gasteiger partial charge in [-0.2, -0.15) is 0 Å². The third kappa shape index (κ3) is 2.26. The minimum Gasteiger partial charge on any atom is -0.488 e. The molecular weight excluding hydrogens is 142 g/mol. The first kappa shape index (κ1) is 8.11. The zero-order valence-corrected chi connectivity index (χ0v) is 6.89. The van der Waals surface area contributed by atoms with Crippen LogP contribution < -0.4 is 5.32 Å². The van der Waals surface area contributed by atoms with Gasteiger partial charge in [0.15, 0.2) is 5.76 Å². The fourth-order valence-electron chi connectivity index (χ4n) is 0.909.